The van der Waals surface area contributed by atoms with E-state index in [-0.39, 0.29) is 18.7 Å². The van der Waals surface area contributed by atoms with Crippen LogP contribution in [-0.2, 0) is 20.8 Å². The maximum atomic E-state index is 12.7. The van der Waals surface area contributed by atoms with Gasteiger partial charge >= 0.3 is 18.0 Å². The van der Waals surface area contributed by atoms with E-state index in [0.29, 0.717) is 29.1 Å². The minimum absolute atomic E-state index is 0.0248. The van der Waals surface area contributed by atoms with E-state index in [4.69, 9.17) is 0 Å². The van der Waals surface area contributed by atoms with Gasteiger partial charge in [0.25, 0.3) is 5.91 Å². The number of benzene rings is 1. The van der Waals surface area contributed by atoms with E-state index in [1.165, 1.54) is 16.7 Å². The average Bonchev–Trinajstić information content (AvgIpc) is 3.19. The van der Waals surface area contributed by atoms with Crippen LogP contribution in [0.1, 0.15) is 12.5 Å². The lowest BCUT2D eigenvalue weighted by Crippen LogP contribution is -2.70. The van der Waals surface area contributed by atoms with Gasteiger partial charge < -0.3 is 21.1 Å². The Balaban J connectivity index is 1.40. The number of amides is 6. The van der Waals surface area contributed by atoms with E-state index < -0.39 is 41.3 Å². The Morgan fingerprint density at radius 3 is 2.69 bits per heavy atom. The van der Waals surface area contributed by atoms with Gasteiger partial charge in [0.2, 0.25) is 5.91 Å². The van der Waals surface area contributed by atoms with Gasteiger partial charge in [0.05, 0.1) is 6.42 Å². The van der Waals surface area contributed by atoms with Crippen LogP contribution in [-0.4, -0.2) is 75.0 Å². The van der Waals surface area contributed by atoms with Crippen molar-refractivity contribution in [2.75, 3.05) is 24.2 Å². The fraction of sp³-hybridized carbons (Fsp3) is 0.350. The van der Waals surface area contributed by atoms with Gasteiger partial charge in [0, 0.05) is 24.5 Å². The third-order valence-electron chi connectivity index (χ3n) is 5.39. The van der Waals surface area contributed by atoms with Crippen molar-refractivity contribution in [3.8, 4) is 0 Å². The molecule has 32 heavy (non-hydrogen) atoms. The Hall–Kier alpha value is -3.54. The van der Waals surface area contributed by atoms with Crippen molar-refractivity contribution in [2.24, 2.45) is 0 Å². The summed E-state index contributed by atoms with van der Waals surface area (Å²) >= 11 is 1.40. The Labute approximate surface area is 187 Å². The van der Waals surface area contributed by atoms with Crippen molar-refractivity contribution >= 4 is 47.3 Å². The molecule has 2 atom stereocenters. The standard InChI is InChI=1S/C20H21N5O6S/c1-10-9-32-17-14(16(27)25(17)15(10)18(28)29)23-13(26)8-11-4-2-3-5-12(11)22-20(31)24-7-6-21-19(24)30/h2-5,14,17H,6-9H2,1H3,(H,21,30)(H,22,31)(H,23,26)(H,28,29)/t14?,17-/m1/s1. The molecule has 1 aromatic carbocycles. The van der Waals surface area contributed by atoms with Crippen LogP contribution >= 0.6 is 11.8 Å². The van der Waals surface area contributed by atoms with Crippen molar-refractivity contribution < 1.29 is 29.1 Å². The summed E-state index contributed by atoms with van der Waals surface area (Å²) in [6.45, 7) is 2.29. The third kappa shape index (κ3) is 3.88. The smallest absolute Gasteiger partial charge is 0.352 e. The number of para-hydroxylation sites is 1. The number of aliphatic carboxylic acids is 1. The molecular formula is C20H21N5O6S. The Morgan fingerprint density at radius 1 is 1.25 bits per heavy atom. The molecule has 0 radical (unpaired) electrons. The average molecular weight is 459 g/mol. The Bertz CT molecular complexity index is 1060. The van der Waals surface area contributed by atoms with Crippen molar-refractivity contribution in [2.45, 2.75) is 24.8 Å². The summed E-state index contributed by atoms with van der Waals surface area (Å²) in [5.41, 5.74) is 1.48. The lowest BCUT2D eigenvalue weighted by molar-refractivity contribution is -0.150. The zero-order valence-electron chi connectivity index (χ0n) is 17.1. The minimum Gasteiger partial charge on any atom is -0.477 e. The van der Waals surface area contributed by atoms with Crippen LogP contribution in [0.4, 0.5) is 15.3 Å². The van der Waals surface area contributed by atoms with Gasteiger partial charge in [-0.05, 0) is 24.1 Å². The van der Waals surface area contributed by atoms with E-state index in [1.54, 1.807) is 31.2 Å². The molecule has 3 aliphatic rings. The second kappa shape index (κ2) is 8.54. The molecule has 2 fully saturated rings. The topological polar surface area (TPSA) is 148 Å². The molecule has 3 aliphatic heterocycles. The molecule has 2 saturated heterocycles. The van der Waals surface area contributed by atoms with Crippen LogP contribution in [0, 0.1) is 0 Å². The van der Waals surface area contributed by atoms with Gasteiger partial charge in [-0.15, -0.1) is 11.8 Å². The fourth-order valence-electron chi connectivity index (χ4n) is 3.82. The molecule has 11 nitrogen and oxygen atoms in total. The highest BCUT2D eigenvalue weighted by molar-refractivity contribution is 8.00. The number of hydrogen-bond acceptors (Lipinski definition) is 6. The van der Waals surface area contributed by atoms with Gasteiger partial charge in [-0.2, -0.15) is 0 Å². The molecule has 4 rings (SSSR count). The number of carboxylic acid groups (broad SMARTS) is 1. The first-order chi connectivity index (χ1) is 15.3. The summed E-state index contributed by atoms with van der Waals surface area (Å²) in [5.74, 6) is -1.61. The molecule has 1 aromatic rings. The maximum absolute atomic E-state index is 12.7. The summed E-state index contributed by atoms with van der Waals surface area (Å²) in [7, 11) is 0. The number of carbonyl (C=O) groups excluding carboxylic acids is 4. The number of imide groups is 1. The van der Waals surface area contributed by atoms with Crippen LogP contribution in [0.3, 0.4) is 0 Å². The number of rotatable bonds is 5. The van der Waals surface area contributed by atoms with Gasteiger partial charge in [0.15, 0.2) is 0 Å². The molecule has 0 spiro atoms. The highest BCUT2D eigenvalue weighted by Gasteiger charge is 2.53. The summed E-state index contributed by atoms with van der Waals surface area (Å²) < 4.78 is 0. The highest BCUT2D eigenvalue weighted by Crippen LogP contribution is 2.40. The van der Waals surface area contributed by atoms with Crippen LogP contribution in [0.5, 0.6) is 0 Å². The van der Waals surface area contributed by atoms with Crippen LogP contribution in [0.25, 0.3) is 0 Å². The van der Waals surface area contributed by atoms with Crippen LogP contribution in [0.15, 0.2) is 35.5 Å². The molecule has 4 N–H and O–H groups in total. The molecule has 1 unspecified atom stereocenters. The van der Waals surface area contributed by atoms with Crippen molar-refractivity contribution in [3.63, 3.8) is 0 Å². The predicted molar refractivity (Wildman–Crippen MR) is 115 cm³/mol. The summed E-state index contributed by atoms with van der Waals surface area (Å²) in [6.07, 6.45) is -0.107. The number of anilines is 1. The van der Waals surface area contributed by atoms with Crippen molar-refractivity contribution in [1.82, 2.24) is 20.4 Å². The first-order valence-corrected chi connectivity index (χ1v) is 10.9. The predicted octanol–water partition coefficient (Wildman–Crippen LogP) is 0.545. The molecule has 3 heterocycles. The van der Waals surface area contributed by atoms with Crippen molar-refractivity contribution in [3.05, 3.63) is 41.1 Å². The van der Waals surface area contributed by atoms with E-state index >= 15 is 0 Å². The second-order valence-electron chi connectivity index (χ2n) is 7.54. The number of nitrogens with one attached hydrogen (secondary N) is 3. The normalized spacial score (nSPS) is 22.2. The number of nitrogens with zero attached hydrogens (tertiary/aromatic N) is 2. The molecule has 168 valence electrons. The summed E-state index contributed by atoms with van der Waals surface area (Å²) in [5, 5.41) is 16.8. The lowest BCUT2D eigenvalue weighted by Gasteiger charge is -2.49. The molecule has 6 amide bonds. The maximum Gasteiger partial charge on any atom is 0.352 e. The summed E-state index contributed by atoms with van der Waals surface area (Å²) in [4.78, 5) is 63.0. The number of fused-ring (bicyclic) bond motifs is 1. The number of carboxylic acids is 1. The van der Waals surface area contributed by atoms with Gasteiger partial charge in [-0.25, -0.2) is 19.3 Å². The first-order valence-electron chi connectivity index (χ1n) is 9.89. The molecule has 0 bridgehead atoms. The highest BCUT2D eigenvalue weighted by atomic mass is 32.2. The van der Waals surface area contributed by atoms with Gasteiger partial charge in [0.1, 0.15) is 17.1 Å². The van der Waals surface area contributed by atoms with Crippen molar-refractivity contribution in [1.29, 1.82) is 0 Å². The van der Waals surface area contributed by atoms with Crippen LogP contribution < -0.4 is 16.0 Å². The Morgan fingerprint density at radius 2 is 2.00 bits per heavy atom. The molecule has 0 aliphatic carbocycles. The lowest BCUT2D eigenvalue weighted by atomic mass is 10.0. The van der Waals surface area contributed by atoms with E-state index in [1.807, 2.05) is 0 Å². The summed E-state index contributed by atoms with van der Waals surface area (Å²) in [6, 6.07) is 4.79. The molecule has 12 heteroatoms. The molecular weight excluding hydrogens is 438 g/mol. The third-order valence-corrected chi connectivity index (χ3v) is 6.81. The van der Waals surface area contributed by atoms with Crippen LogP contribution in [0.2, 0.25) is 0 Å². The monoisotopic (exact) mass is 459 g/mol. The molecule has 0 saturated carbocycles. The number of urea groups is 2. The van der Waals surface area contributed by atoms with E-state index in [0.717, 1.165) is 4.90 Å². The zero-order valence-corrected chi connectivity index (χ0v) is 17.9. The number of thioether (sulfide) groups is 1. The Kier molecular flexibility index (Phi) is 5.78. The number of carbonyl (C=O) groups is 5. The largest absolute Gasteiger partial charge is 0.477 e. The zero-order chi connectivity index (χ0) is 23.0. The van der Waals surface area contributed by atoms with E-state index in [2.05, 4.69) is 16.0 Å². The first kappa shape index (κ1) is 21.7. The fourth-order valence-corrected chi connectivity index (χ4v) is 5.11. The SMILES string of the molecule is CC1=C(C(=O)O)N2C(=O)C(NC(=O)Cc3ccccc3NC(=O)N3CCNC3=O)[C@H]2SC1. The minimum atomic E-state index is -1.16. The van der Waals surface area contributed by atoms with Gasteiger partial charge in [-0.3, -0.25) is 14.5 Å². The van der Waals surface area contributed by atoms with Gasteiger partial charge in [-0.1, -0.05) is 18.2 Å². The quantitative estimate of drug-likeness (QED) is 0.470. The number of hydrogen-bond donors (Lipinski definition) is 4. The van der Waals surface area contributed by atoms with E-state index in [9.17, 15) is 29.1 Å². The number of β-lactam (4-membered cyclic amide) rings is 1. The molecule has 0 aromatic heterocycles. The second-order valence-corrected chi connectivity index (χ2v) is 8.64.